The minimum absolute atomic E-state index is 0.114. The Morgan fingerprint density at radius 2 is 1.85 bits per heavy atom. The Morgan fingerprint density at radius 1 is 1.15 bits per heavy atom. The maximum atomic E-state index is 11.6. The van der Waals surface area contributed by atoms with E-state index in [0.29, 0.717) is 17.9 Å². The number of urea groups is 1. The van der Waals surface area contributed by atoms with Gasteiger partial charge in [0.15, 0.2) is 0 Å². The average molecular weight is 274 g/mol. The SMILES string of the molecule is CCCOc1cccc(C=C2C(=O)NC(=O)NC2=O)c1. The molecule has 4 amide bonds. The van der Waals surface area contributed by atoms with Crippen LogP contribution >= 0.6 is 0 Å². The van der Waals surface area contributed by atoms with Crippen LogP contribution in [0.15, 0.2) is 29.8 Å². The minimum Gasteiger partial charge on any atom is -0.494 e. The Bertz CT molecular complexity index is 571. The number of barbiturate groups is 1. The van der Waals surface area contributed by atoms with E-state index >= 15 is 0 Å². The standard InChI is InChI=1S/C14H14N2O4/c1-2-6-20-10-5-3-4-9(7-10)8-11-12(17)15-14(19)16-13(11)18/h3-5,7-8H,2,6H2,1H3,(H2,15,16,17,18,19). The lowest BCUT2D eigenvalue weighted by Gasteiger charge is -2.14. The topological polar surface area (TPSA) is 84.5 Å². The molecule has 6 nitrogen and oxygen atoms in total. The summed E-state index contributed by atoms with van der Waals surface area (Å²) in [5, 5.41) is 4.04. The van der Waals surface area contributed by atoms with Crippen LogP contribution in [0.25, 0.3) is 6.08 Å². The van der Waals surface area contributed by atoms with Crippen molar-refractivity contribution >= 4 is 23.9 Å². The molecule has 0 atom stereocenters. The maximum absolute atomic E-state index is 11.6. The van der Waals surface area contributed by atoms with Crippen molar-refractivity contribution in [3.63, 3.8) is 0 Å². The van der Waals surface area contributed by atoms with E-state index in [2.05, 4.69) is 0 Å². The van der Waals surface area contributed by atoms with Crippen LogP contribution in [0.1, 0.15) is 18.9 Å². The first-order valence-corrected chi connectivity index (χ1v) is 6.21. The van der Waals surface area contributed by atoms with E-state index in [1.807, 2.05) is 17.6 Å². The first-order valence-electron chi connectivity index (χ1n) is 6.21. The molecule has 0 unspecified atom stereocenters. The molecule has 1 aliphatic rings. The third-order valence-corrected chi connectivity index (χ3v) is 2.59. The van der Waals surface area contributed by atoms with Gasteiger partial charge in [0.2, 0.25) is 0 Å². The van der Waals surface area contributed by atoms with Gasteiger partial charge in [-0.05, 0) is 30.2 Å². The summed E-state index contributed by atoms with van der Waals surface area (Å²) in [5.74, 6) is -0.758. The van der Waals surface area contributed by atoms with Crippen LogP contribution in [0.2, 0.25) is 0 Å². The molecule has 0 aromatic heterocycles. The third-order valence-electron chi connectivity index (χ3n) is 2.59. The highest BCUT2D eigenvalue weighted by Crippen LogP contribution is 2.17. The van der Waals surface area contributed by atoms with Crippen molar-refractivity contribution in [2.75, 3.05) is 6.61 Å². The summed E-state index contributed by atoms with van der Waals surface area (Å²) in [6.07, 6.45) is 2.30. The van der Waals surface area contributed by atoms with Gasteiger partial charge in [0.1, 0.15) is 11.3 Å². The van der Waals surface area contributed by atoms with Gasteiger partial charge in [-0.2, -0.15) is 0 Å². The highest BCUT2D eigenvalue weighted by atomic mass is 16.5. The van der Waals surface area contributed by atoms with E-state index in [1.54, 1.807) is 24.3 Å². The number of nitrogens with one attached hydrogen (secondary N) is 2. The summed E-state index contributed by atoms with van der Waals surface area (Å²) in [6.45, 7) is 2.59. The molecule has 0 bridgehead atoms. The van der Waals surface area contributed by atoms with Gasteiger partial charge in [-0.15, -0.1) is 0 Å². The fourth-order valence-electron chi connectivity index (χ4n) is 1.69. The zero-order chi connectivity index (χ0) is 14.5. The summed E-state index contributed by atoms with van der Waals surface area (Å²) in [7, 11) is 0. The predicted molar refractivity (Wildman–Crippen MR) is 71.9 cm³/mol. The van der Waals surface area contributed by atoms with Crippen molar-refractivity contribution in [1.82, 2.24) is 10.6 Å². The van der Waals surface area contributed by atoms with Crippen molar-refractivity contribution in [2.45, 2.75) is 13.3 Å². The molecule has 0 spiro atoms. The maximum Gasteiger partial charge on any atom is 0.328 e. The molecule has 0 saturated carbocycles. The zero-order valence-corrected chi connectivity index (χ0v) is 10.9. The lowest BCUT2D eigenvalue weighted by molar-refractivity contribution is -0.123. The fourth-order valence-corrected chi connectivity index (χ4v) is 1.69. The highest BCUT2D eigenvalue weighted by molar-refractivity contribution is 6.31. The third kappa shape index (κ3) is 3.23. The minimum atomic E-state index is -0.808. The highest BCUT2D eigenvalue weighted by Gasteiger charge is 2.27. The van der Waals surface area contributed by atoms with Crippen LogP contribution < -0.4 is 15.4 Å². The summed E-state index contributed by atoms with van der Waals surface area (Å²) in [5.41, 5.74) is 0.533. The number of ether oxygens (including phenoxy) is 1. The number of amides is 4. The van der Waals surface area contributed by atoms with Crippen molar-refractivity contribution in [3.8, 4) is 5.75 Å². The van der Waals surface area contributed by atoms with Gasteiger partial charge in [0.25, 0.3) is 11.8 Å². The van der Waals surface area contributed by atoms with Crippen LogP contribution in [-0.4, -0.2) is 24.5 Å². The van der Waals surface area contributed by atoms with Gasteiger partial charge < -0.3 is 4.74 Å². The van der Waals surface area contributed by atoms with Crippen molar-refractivity contribution in [1.29, 1.82) is 0 Å². The smallest absolute Gasteiger partial charge is 0.328 e. The monoisotopic (exact) mass is 274 g/mol. The Balaban J connectivity index is 2.23. The Labute approximate surface area is 115 Å². The molecule has 0 radical (unpaired) electrons. The quantitative estimate of drug-likeness (QED) is 0.638. The van der Waals surface area contributed by atoms with Gasteiger partial charge in [-0.3, -0.25) is 20.2 Å². The van der Waals surface area contributed by atoms with Crippen LogP contribution in [0.4, 0.5) is 4.79 Å². The van der Waals surface area contributed by atoms with Crippen LogP contribution in [-0.2, 0) is 9.59 Å². The van der Waals surface area contributed by atoms with E-state index in [9.17, 15) is 14.4 Å². The van der Waals surface area contributed by atoms with E-state index in [4.69, 9.17) is 4.74 Å². The molecule has 20 heavy (non-hydrogen) atoms. The number of imide groups is 2. The first-order chi connectivity index (χ1) is 9.60. The molecule has 1 saturated heterocycles. The van der Waals surface area contributed by atoms with E-state index < -0.39 is 17.8 Å². The summed E-state index contributed by atoms with van der Waals surface area (Å²) >= 11 is 0. The molecule has 1 aromatic rings. The molecule has 2 rings (SSSR count). The predicted octanol–water partition coefficient (Wildman–Crippen LogP) is 1.22. The van der Waals surface area contributed by atoms with Gasteiger partial charge in [-0.1, -0.05) is 19.1 Å². The van der Waals surface area contributed by atoms with Gasteiger partial charge in [-0.25, -0.2) is 4.79 Å². The van der Waals surface area contributed by atoms with Crippen LogP contribution in [0.5, 0.6) is 5.75 Å². The largest absolute Gasteiger partial charge is 0.494 e. The molecule has 1 heterocycles. The van der Waals surface area contributed by atoms with E-state index in [-0.39, 0.29) is 5.57 Å². The summed E-state index contributed by atoms with van der Waals surface area (Å²) in [6, 6.07) is 6.21. The second-order valence-electron chi connectivity index (χ2n) is 4.22. The number of benzene rings is 1. The summed E-state index contributed by atoms with van der Waals surface area (Å²) in [4.78, 5) is 34.1. The van der Waals surface area contributed by atoms with Crippen LogP contribution in [0.3, 0.4) is 0 Å². The number of carbonyl (C=O) groups excluding carboxylic acids is 3. The molecule has 6 heteroatoms. The zero-order valence-electron chi connectivity index (χ0n) is 10.9. The average Bonchev–Trinajstić information content (AvgIpc) is 2.41. The number of hydrogen-bond donors (Lipinski definition) is 2. The second kappa shape index (κ2) is 6.01. The van der Waals surface area contributed by atoms with Crippen molar-refractivity contribution < 1.29 is 19.1 Å². The number of carbonyl (C=O) groups is 3. The number of hydrogen-bond acceptors (Lipinski definition) is 4. The second-order valence-corrected chi connectivity index (χ2v) is 4.22. The summed E-state index contributed by atoms with van der Waals surface area (Å²) < 4.78 is 5.47. The van der Waals surface area contributed by atoms with Crippen molar-refractivity contribution in [2.24, 2.45) is 0 Å². The lowest BCUT2D eigenvalue weighted by Crippen LogP contribution is -2.51. The molecule has 2 N–H and O–H groups in total. The van der Waals surface area contributed by atoms with E-state index in [1.165, 1.54) is 6.08 Å². The number of rotatable bonds is 4. The molecule has 1 aliphatic heterocycles. The Hall–Kier alpha value is -2.63. The van der Waals surface area contributed by atoms with Gasteiger partial charge >= 0.3 is 6.03 Å². The Morgan fingerprint density at radius 3 is 2.50 bits per heavy atom. The fraction of sp³-hybridized carbons (Fsp3) is 0.214. The molecule has 104 valence electrons. The molecule has 1 aromatic carbocycles. The lowest BCUT2D eigenvalue weighted by atomic mass is 10.1. The molecular formula is C14H14N2O4. The van der Waals surface area contributed by atoms with Crippen molar-refractivity contribution in [3.05, 3.63) is 35.4 Å². The first kappa shape index (κ1) is 13.8. The molecular weight excluding hydrogens is 260 g/mol. The van der Waals surface area contributed by atoms with E-state index in [0.717, 1.165) is 6.42 Å². The van der Waals surface area contributed by atoms with Gasteiger partial charge in [0.05, 0.1) is 6.61 Å². The molecule has 0 aliphatic carbocycles. The Kier molecular flexibility index (Phi) is 4.14. The normalized spacial score (nSPS) is 14.7. The molecule has 1 fully saturated rings. The van der Waals surface area contributed by atoms with Crippen LogP contribution in [0, 0.1) is 0 Å². The van der Waals surface area contributed by atoms with Gasteiger partial charge in [0, 0.05) is 0 Å².